The van der Waals surface area contributed by atoms with E-state index < -0.39 is 0 Å². The van der Waals surface area contributed by atoms with E-state index in [-0.39, 0.29) is 11.9 Å². The largest absolute Gasteiger partial charge is 0.465 e. The Kier molecular flexibility index (Phi) is 23.7. The van der Waals surface area contributed by atoms with E-state index in [0.717, 1.165) is 6.42 Å². The third-order valence-electron chi connectivity index (χ3n) is 6.79. The molecule has 31 heavy (non-hydrogen) atoms. The van der Waals surface area contributed by atoms with Crippen LogP contribution in [0.2, 0.25) is 0 Å². The van der Waals surface area contributed by atoms with Crippen molar-refractivity contribution in [3.63, 3.8) is 0 Å². The quantitative estimate of drug-likeness (QED) is 0.111. The number of ether oxygens (including phenoxy) is 1. The molecule has 0 aromatic heterocycles. The lowest BCUT2D eigenvalue weighted by Gasteiger charge is -2.19. The Hall–Kier alpha value is -0.530. The van der Waals surface area contributed by atoms with Gasteiger partial charge in [-0.05, 0) is 25.2 Å². The summed E-state index contributed by atoms with van der Waals surface area (Å²) in [6, 6.07) is 0. The Bertz CT molecular complexity index is 350. The maximum Gasteiger partial charge on any atom is 0.308 e. The number of unbranched alkanes of at least 4 members (excludes halogenated alkanes) is 15. The lowest BCUT2D eigenvalue weighted by molar-refractivity contribution is -0.149. The van der Waals surface area contributed by atoms with Crippen molar-refractivity contribution in [2.45, 2.75) is 163 Å². The van der Waals surface area contributed by atoms with E-state index >= 15 is 0 Å². The maximum absolute atomic E-state index is 12.5. The Morgan fingerprint density at radius 3 is 1.32 bits per heavy atom. The fourth-order valence-electron chi connectivity index (χ4n) is 4.43. The van der Waals surface area contributed by atoms with Crippen LogP contribution in [0, 0.1) is 11.8 Å². The molecule has 0 heterocycles. The van der Waals surface area contributed by atoms with Crippen LogP contribution in [0.15, 0.2) is 0 Å². The first kappa shape index (κ1) is 30.5. The third-order valence-corrected chi connectivity index (χ3v) is 6.79. The molecule has 186 valence electrons. The molecule has 0 saturated heterocycles. The molecule has 0 rings (SSSR count). The van der Waals surface area contributed by atoms with Gasteiger partial charge in [0.05, 0.1) is 12.5 Å². The minimum absolute atomic E-state index is 0.0458. The molecule has 0 radical (unpaired) electrons. The van der Waals surface area contributed by atoms with Crippen LogP contribution < -0.4 is 0 Å². The van der Waals surface area contributed by atoms with E-state index in [1.807, 2.05) is 0 Å². The van der Waals surface area contributed by atoms with E-state index in [9.17, 15) is 4.79 Å². The summed E-state index contributed by atoms with van der Waals surface area (Å²) in [7, 11) is 0. The fraction of sp³-hybridized carbons (Fsp3) is 0.966. The van der Waals surface area contributed by atoms with Gasteiger partial charge >= 0.3 is 5.97 Å². The molecular formula is C29H58O2. The van der Waals surface area contributed by atoms with Crippen LogP contribution >= 0.6 is 0 Å². The van der Waals surface area contributed by atoms with Crippen molar-refractivity contribution < 1.29 is 9.53 Å². The van der Waals surface area contributed by atoms with Crippen molar-refractivity contribution in [3.05, 3.63) is 0 Å². The Labute approximate surface area is 196 Å². The summed E-state index contributed by atoms with van der Waals surface area (Å²) in [4.78, 5) is 12.5. The van der Waals surface area contributed by atoms with Crippen molar-refractivity contribution in [1.29, 1.82) is 0 Å². The maximum atomic E-state index is 12.5. The van der Waals surface area contributed by atoms with Crippen molar-refractivity contribution in [3.8, 4) is 0 Å². The SMILES string of the molecule is CCCCCCCCC(CCCCCCCC)COC(=O)C(C)CCCCCCCC. The topological polar surface area (TPSA) is 26.3 Å². The highest BCUT2D eigenvalue weighted by Gasteiger charge is 2.17. The molecule has 2 nitrogen and oxygen atoms in total. The average molecular weight is 439 g/mol. The monoisotopic (exact) mass is 438 g/mol. The molecule has 0 saturated carbocycles. The van der Waals surface area contributed by atoms with Crippen molar-refractivity contribution in [1.82, 2.24) is 0 Å². The van der Waals surface area contributed by atoms with Crippen LogP contribution in [0.5, 0.6) is 0 Å². The van der Waals surface area contributed by atoms with Gasteiger partial charge in [0.15, 0.2) is 0 Å². The van der Waals surface area contributed by atoms with Crippen LogP contribution in [0.4, 0.5) is 0 Å². The second kappa shape index (κ2) is 24.1. The van der Waals surface area contributed by atoms with Crippen molar-refractivity contribution in [2.75, 3.05) is 6.61 Å². The van der Waals surface area contributed by atoms with E-state index in [1.54, 1.807) is 0 Å². The molecule has 0 fully saturated rings. The minimum atomic E-state index is 0.0458. The molecule has 1 unspecified atom stereocenters. The molecule has 0 N–H and O–H groups in total. The first-order valence-corrected chi connectivity index (χ1v) is 14.3. The first-order valence-electron chi connectivity index (χ1n) is 14.3. The summed E-state index contributed by atoms with van der Waals surface area (Å²) in [6.07, 6.45) is 27.3. The summed E-state index contributed by atoms with van der Waals surface area (Å²) in [5.74, 6) is 0.682. The van der Waals surface area contributed by atoms with Crippen LogP contribution in [0.1, 0.15) is 163 Å². The smallest absolute Gasteiger partial charge is 0.308 e. The summed E-state index contributed by atoms with van der Waals surface area (Å²) < 4.78 is 5.81. The zero-order chi connectivity index (χ0) is 23.0. The van der Waals surface area contributed by atoms with Gasteiger partial charge in [0.2, 0.25) is 0 Å². The summed E-state index contributed by atoms with van der Waals surface area (Å²) >= 11 is 0. The van der Waals surface area contributed by atoms with Crippen LogP contribution in [-0.2, 0) is 9.53 Å². The number of hydrogen-bond acceptors (Lipinski definition) is 2. The summed E-state index contributed by atoms with van der Waals surface area (Å²) in [5.41, 5.74) is 0. The molecule has 0 aliphatic rings. The third kappa shape index (κ3) is 21.1. The normalized spacial score (nSPS) is 12.4. The van der Waals surface area contributed by atoms with Gasteiger partial charge in [0.25, 0.3) is 0 Å². The van der Waals surface area contributed by atoms with Gasteiger partial charge in [0, 0.05) is 0 Å². The Morgan fingerprint density at radius 2 is 0.903 bits per heavy atom. The lowest BCUT2D eigenvalue weighted by atomic mass is 9.94. The fourth-order valence-corrected chi connectivity index (χ4v) is 4.43. The van der Waals surface area contributed by atoms with Gasteiger partial charge in [-0.15, -0.1) is 0 Å². The molecule has 2 heteroatoms. The number of rotatable bonds is 24. The minimum Gasteiger partial charge on any atom is -0.465 e. The number of esters is 1. The molecule has 0 spiro atoms. The Balaban J connectivity index is 4.12. The highest BCUT2D eigenvalue weighted by Crippen LogP contribution is 2.21. The highest BCUT2D eigenvalue weighted by molar-refractivity contribution is 5.71. The van der Waals surface area contributed by atoms with Crippen molar-refractivity contribution >= 4 is 5.97 Å². The first-order chi connectivity index (χ1) is 15.2. The standard InChI is InChI=1S/C29H58O2/c1-5-8-11-14-17-20-23-27(4)29(30)31-26-28(24-21-18-15-12-9-6-2)25-22-19-16-13-10-7-3/h27-28H,5-26H2,1-4H3. The van der Waals surface area contributed by atoms with E-state index in [1.165, 1.54) is 128 Å². The van der Waals surface area contributed by atoms with Gasteiger partial charge in [-0.3, -0.25) is 4.79 Å². The molecular weight excluding hydrogens is 380 g/mol. The van der Waals surface area contributed by atoms with Crippen LogP contribution in [0.3, 0.4) is 0 Å². The highest BCUT2D eigenvalue weighted by atomic mass is 16.5. The van der Waals surface area contributed by atoms with Crippen LogP contribution in [0.25, 0.3) is 0 Å². The van der Waals surface area contributed by atoms with E-state index in [4.69, 9.17) is 4.74 Å². The number of carbonyl (C=O) groups is 1. The molecule has 0 aliphatic carbocycles. The van der Waals surface area contributed by atoms with Gasteiger partial charge in [0.1, 0.15) is 0 Å². The summed E-state index contributed by atoms with van der Waals surface area (Å²) in [6.45, 7) is 9.52. The molecule has 0 aromatic rings. The van der Waals surface area contributed by atoms with Gasteiger partial charge in [-0.25, -0.2) is 0 Å². The molecule has 0 amide bonds. The predicted octanol–water partition coefficient (Wildman–Crippen LogP) is 10.0. The molecule has 0 bridgehead atoms. The number of hydrogen-bond donors (Lipinski definition) is 0. The molecule has 0 aromatic carbocycles. The zero-order valence-corrected chi connectivity index (χ0v) is 22.0. The molecule has 0 aliphatic heterocycles. The predicted molar refractivity (Wildman–Crippen MR) is 138 cm³/mol. The Morgan fingerprint density at radius 1 is 0.548 bits per heavy atom. The average Bonchev–Trinajstić information content (AvgIpc) is 2.78. The van der Waals surface area contributed by atoms with Crippen LogP contribution in [-0.4, -0.2) is 12.6 Å². The van der Waals surface area contributed by atoms with Gasteiger partial charge < -0.3 is 4.74 Å². The van der Waals surface area contributed by atoms with Gasteiger partial charge in [-0.1, -0.05) is 143 Å². The second-order valence-corrected chi connectivity index (χ2v) is 10.1. The number of carbonyl (C=O) groups excluding carboxylic acids is 1. The van der Waals surface area contributed by atoms with E-state index in [0.29, 0.717) is 12.5 Å². The van der Waals surface area contributed by atoms with E-state index in [2.05, 4.69) is 27.7 Å². The zero-order valence-electron chi connectivity index (χ0n) is 22.0. The van der Waals surface area contributed by atoms with Crippen molar-refractivity contribution in [2.24, 2.45) is 11.8 Å². The lowest BCUT2D eigenvalue weighted by Crippen LogP contribution is -2.20. The summed E-state index contributed by atoms with van der Waals surface area (Å²) in [5, 5.41) is 0. The molecule has 1 atom stereocenters. The second-order valence-electron chi connectivity index (χ2n) is 10.1. The van der Waals surface area contributed by atoms with Gasteiger partial charge in [-0.2, -0.15) is 0 Å².